The monoisotopic (exact) mass is 389 g/mol. The van der Waals surface area contributed by atoms with Crippen LogP contribution in [0.25, 0.3) is 0 Å². The van der Waals surface area contributed by atoms with Gasteiger partial charge in [-0.05, 0) is 25.0 Å². The fourth-order valence-corrected chi connectivity index (χ4v) is 5.37. The molecular formula is C20H27N3O3S. The van der Waals surface area contributed by atoms with Crippen molar-refractivity contribution in [1.29, 1.82) is 0 Å². The molecule has 0 aromatic heterocycles. The molecular weight excluding hydrogens is 362 g/mol. The number of thioether (sulfide) groups is 1. The van der Waals surface area contributed by atoms with Gasteiger partial charge in [0.15, 0.2) is 6.61 Å². The average molecular weight is 390 g/mol. The molecule has 2 fully saturated rings. The van der Waals surface area contributed by atoms with Crippen molar-refractivity contribution < 1.29 is 14.3 Å². The van der Waals surface area contributed by atoms with Crippen LogP contribution < -0.4 is 15.0 Å². The third-order valence-electron chi connectivity index (χ3n) is 5.94. The molecule has 4 rings (SSSR count). The maximum absolute atomic E-state index is 12.7. The first-order valence-corrected chi connectivity index (χ1v) is 11.0. The zero-order valence-electron chi connectivity index (χ0n) is 15.6. The highest BCUT2D eigenvalue weighted by Crippen LogP contribution is 2.36. The fourth-order valence-electron chi connectivity index (χ4n) is 4.47. The van der Waals surface area contributed by atoms with Gasteiger partial charge in [-0.2, -0.15) is 11.8 Å². The second kappa shape index (κ2) is 8.10. The minimum Gasteiger partial charge on any atom is -0.482 e. The largest absolute Gasteiger partial charge is 0.482 e. The Morgan fingerprint density at radius 3 is 2.70 bits per heavy atom. The maximum atomic E-state index is 12.7. The van der Waals surface area contributed by atoms with E-state index in [1.165, 1.54) is 29.2 Å². The van der Waals surface area contributed by atoms with Gasteiger partial charge in [-0.1, -0.05) is 25.0 Å². The molecule has 1 saturated carbocycles. The number of amides is 2. The van der Waals surface area contributed by atoms with Crippen LogP contribution in [0.3, 0.4) is 0 Å². The van der Waals surface area contributed by atoms with Crippen LogP contribution in [0, 0.1) is 0 Å². The number of fused-ring (bicyclic) bond motifs is 1. The molecule has 2 amide bonds. The van der Waals surface area contributed by atoms with E-state index in [1.54, 1.807) is 0 Å². The Morgan fingerprint density at radius 2 is 1.93 bits per heavy atom. The van der Waals surface area contributed by atoms with E-state index >= 15 is 0 Å². The molecule has 27 heavy (non-hydrogen) atoms. The molecule has 2 aliphatic heterocycles. The lowest BCUT2D eigenvalue weighted by atomic mass is 9.94. The van der Waals surface area contributed by atoms with E-state index < -0.39 is 0 Å². The highest BCUT2D eigenvalue weighted by molar-refractivity contribution is 7.99. The normalized spacial score (nSPS) is 22.2. The number of carbonyl (C=O) groups is 2. The molecule has 1 N–H and O–H groups in total. The molecule has 3 aliphatic rings. The predicted molar refractivity (Wildman–Crippen MR) is 107 cm³/mol. The molecule has 1 aromatic rings. The second-order valence-corrected chi connectivity index (χ2v) is 8.77. The number of nitrogens with zero attached hydrogens (tertiary/aromatic N) is 2. The van der Waals surface area contributed by atoms with Crippen molar-refractivity contribution >= 4 is 29.3 Å². The van der Waals surface area contributed by atoms with Gasteiger partial charge in [0.2, 0.25) is 5.91 Å². The van der Waals surface area contributed by atoms with Crippen LogP contribution in [0.5, 0.6) is 5.75 Å². The number of rotatable bonds is 5. The maximum Gasteiger partial charge on any atom is 0.265 e. The van der Waals surface area contributed by atoms with Crippen molar-refractivity contribution in [3.8, 4) is 5.75 Å². The summed E-state index contributed by atoms with van der Waals surface area (Å²) in [6.45, 7) is 2.92. The number of benzene rings is 1. The van der Waals surface area contributed by atoms with E-state index in [9.17, 15) is 9.59 Å². The third-order valence-corrected chi connectivity index (χ3v) is 6.88. The molecule has 6 nitrogen and oxygen atoms in total. The van der Waals surface area contributed by atoms with Gasteiger partial charge < -0.3 is 10.1 Å². The summed E-state index contributed by atoms with van der Waals surface area (Å²) in [6, 6.07) is 7.37. The Labute approximate surface area is 164 Å². The van der Waals surface area contributed by atoms with Crippen LogP contribution >= 0.6 is 11.8 Å². The lowest BCUT2D eigenvalue weighted by Crippen LogP contribution is -2.57. The van der Waals surface area contributed by atoms with Gasteiger partial charge in [0.05, 0.1) is 5.69 Å². The summed E-state index contributed by atoms with van der Waals surface area (Å²) in [7, 11) is 0. The van der Waals surface area contributed by atoms with Gasteiger partial charge in [-0.25, -0.2) is 0 Å². The molecule has 0 unspecified atom stereocenters. The van der Waals surface area contributed by atoms with E-state index in [4.69, 9.17) is 4.74 Å². The molecule has 0 radical (unpaired) electrons. The third kappa shape index (κ3) is 3.94. The number of carbonyl (C=O) groups excluding carboxylic acids is 2. The quantitative estimate of drug-likeness (QED) is 0.833. The topological polar surface area (TPSA) is 61.9 Å². The number of para-hydroxylation sites is 2. The molecule has 0 atom stereocenters. The highest BCUT2D eigenvalue weighted by atomic mass is 32.2. The molecule has 146 valence electrons. The number of hydrogen-bond acceptors (Lipinski definition) is 5. The molecule has 2 heterocycles. The number of hydrogen-bond donors (Lipinski definition) is 1. The van der Waals surface area contributed by atoms with Crippen LogP contribution in [-0.2, 0) is 9.59 Å². The smallest absolute Gasteiger partial charge is 0.265 e. The van der Waals surface area contributed by atoms with Gasteiger partial charge in [-0.15, -0.1) is 0 Å². The molecule has 1 saturated heterocycles. The highest BCUT2D eigenvalue weighted by Gasteiger charge is 2.40. The summed E-state index contributed by atoms with van der Waals surface area (Å²) < 4.78 is 5.45. The van der Waals surface area contributed by atoms with E-state index in [0.29, 0.717) is 18.0 Å². The summed E-state index contributed by atoms with van der Waals surface area (Å²) in [6.07, 6.45) is 4.76. The summed E-state index contributed by atoms with van der Waals surface area (Å²) in [5.74, 6) is 2.73. The van der Waals surface area contributed by atoms with E-state index in [2.05, 4.69) is 10.2 Å². The SMILES string of the molecule is O=C(CN1C(=O)COc2ccccc21)NCC1(N2CCSCC2)CCCC1. The number of nitrogens with one attached hydrogen (secondary N) is 1. The Balaban J connectivity index is 1.40. The number of anilines is 1. The van der Waals surface area contributed by atoms with Crippen LogP contribution in [-0.4, -0.2) is 66.5 Å². The van der Waals surface area contributed by atoms with Crippen LogP contribution in [0.4, 0.5) is 5.69 Å². The minimum atomic E-state index is -0.174. The predicted octanol–water partition coefficient (Wildman–Crippen LogP) is 1.89. The lowest BCUT2D eigenvalue weighted by molar-refractivity contribution is -0.125. The van der Waals surface area contributed by atoms with Crippen LogP contribution in [0.2, 0.25) is 0 Å². The minimum absolute atomic E-state index is 0.0142. The van der Waals surface area contributed by atoms with E-state index in [1.807, 2.05) is 36.0 Å². The Bertz CT molecular complexity index is 699. The average Bonchev–Trinajstić information content (AvgIpc) is 3.20. The second-order valence-electron chi connectivity index (χ2n) is 7.54. The molecule has 0 bridgehead atoms. The van der Waals surface area contributed by atoms with Crippen LogP contribution in [0.1, 0.15) is 25.7 Å². The first-order valence-electron chi connectivity index (χ1n) is 9.80. The van der Waals surface area contributed by atoms with Gasteiger partial charge in [0.1, 0.15) is 12.3 Å². The molecule has 7 heteroatoms. The summed E-state index contributed by atoms with van der Waals surface area (Å²) >= 11 is 2.01. The fraction of sp³-hybridized carbons (Fsp3) is 0.600. The van der Waals surface area contributed by atoms with Gasteiger partial charge in [0.25, 0.3) is 5.91 Å². The van der Waals surface area contributed by atoms with Gasteiger partial charge >= 0.3 is 0 Å². The standard InChI is InChI=1S/C20H27N3O3S/c24-18(13-23-16-5-1-2-6-17(16)26-14-19(23)25)21-15-20(7-3-4-8-20)22-9-11-27-12-10-22/h1-2,5-6H,3-4,7-15H2,(H,21,24). The first kappa shape index (κ1) is 18.6. The summed E-state index contributed by atoms with van der Waals surface area (Å²) in [5.41, 5.74) is 0.774. The zero-order valence-corrected chi connectivity index (χ0v) is 16.4. The number of ether oxygens (including phenoxy) is 1. The Morgan fingerprint density at radius 1 is 1.19 bits per heavy atom. The van der Waals surface area contributed by atoms with Crippen molar-refractivity contribution in [3.63, 3.8) is 0 Å². The lowest BCUT2D eigenvalue weighted by Gasteiger charge is -2.43. The first-order chi connectivity index (χ1) is 13.2. The molecule has 1 aromatic carbocycles. The summed E-state index contributed by atoms with van der Waals surface area (Å²) in [4.78, 5) is 29.1. The van der Waals surface area contributed by atoms with Gasteiger partial charge in [0, 0.05) is 36.7 Å². The van der Waals surface area contributed by atoms with Crippen molar-refractivity contribution in [2.24, 2.45) is 0 Å². The van der Waals surface area contributed by atoms with E-state index in [0.717, 1.165) is 25.9 Å². The molecule has 1 aliphatic carbocycles. The van der Waals surface area contributed by atoms with Crippen molar-refractivity contribution in [1.82, 2.24) is 10.2 Å². The van der Waals surface area contributed by atoms with Crippen molar-refractivity contribution in [2.45, 2.75) is 31.2 Å². The van der Waals surface area contributed by atoms with Crippen LogP contribution in [0.15, 0.2) is 24.3 Å². The Kier molecular flexibility index (Phi) is 5.59. The zero-order chi connectivity index (χ0) is 18.7. The van der Waals surface area contributed by atoms with Crippen molar-refractivity contribution in [2.75, 3.05) is 49.2 Å². The van der Waals surface area contributed by atoms with E-state index in [-0.39, 0.29) is 30.5 Å². The molecule has 0 spiro atoms. The van der Waals surface area contributed by atoms with Crippen molar-refractivity contribution in [3.05, 3.63) is 24.3 Å². The summed E-state index contributed by atoms with van der Waals surface area (Å²) in [5, 5.41) is 3.14. The Hall–Kier alpha value is -1.73. The van der Waals surface area contributed by atoms with Gasteiger partial charge in [-0.3, -0.25) is 19.4 Å².